The Morgan fingerprint density at radius 1 is 1.13 bits per heavy atom. The first kappa shape index (κ1) is 20.2. The molecule has 0 spiro atoms. The molecule has 0 saturated carbocycles. The third-order valence-corrected chi connectivity index (χ3v) is 5.95. The predicted molar refractivity (Wildman–Crippen MR) is 110 cm³/mol. The van der Waals surface area contributed by atoms with E-state index in [0.717, 1.165) is 18.4 Å². The highest BCUT2D eigenvalue weighted by Crippen LogP contribution is 2.40. The number of carbonyl (C=O) groups is 2. The van der Waals surface area contributed by atoms with Crippen molar-refractivity contribution in [1.29, 1.82) is 0 Å². The monoisotopic (exact) mass is 412 g/mol. The Hall–Kier alpha value is -3.09. The molecule has 2 amide bonds. The highest BCUT2D eigenvalue weighted by molar-refractivity contribution is 6.00. The van der Waals surface area contributed by atoms with Crippen molar-refractivity contribution < 1.29 is 23.5 Å². The standard InChI is InChI=1S/C23H25FN2O4/c1-29-16-9-10-17(21(13-16)30-2)19-8-5-11-25(19)23(28)15-12-22(27)26(14-15)20-7-4-3-6-18(20)24/h3-4,6-7,9-10,13,15,19H,5,8,11-12,14H2,1-2H3/t15-,19+/m0/s1. The van der Waals surface area contributed by atoms with Gasteiger partial charge in [0.05, 0.1) is 31.9 Å². The second kappa shape index (κ2) is 8.34. The van der Waals surface area contributed by atoms with Gasteiger partial charge in [0.25, 0.3) is 0 Å². The van der Waals surface area contributed by atoms with Crippen molar-refractivity contribution >= 4 is 17.5 Å². The zero-order valence-corrected chi connectivity index (χ0v) is 17.1. The zero-order chi connectivity index (χ0) is 21.3. The van der Waals surface area contributed by atoms with Crippen molar-refractivity contribution in [2.75, 3.05) is 32.2 Å². The molecule has 2 saturated heterocycles. The van der Waals surface area contributed by atoms with Crippen LogP contribution in [0.1, 0.15) is 30.9 Å². The van der Waals surface area contributed by atoms with Gasteiger partial charge in [-0.2, -0.15) is 0 Å². The summed E-state index contributed by atoms with van der Waals surface area (Å²) >= 11 is 0. The van der Waals surface area contributed by atoms with Crippen molar-refractivity contribution in [1.82, 2.24) is 4.90 Å². The fourth-order valence-corrected chi connectivity index (χ4v) is 4.46. The number of hydrogen-bond acceptors (Lipinski definition) is 4. The molecule has 0 aromatic heterocycles. The van der Waals surface area contributed by atoms with Crippen LogP contribution in [0.4, 0.5) is 10.1 Å². The zero-order valence-electron chi connectivity index (χ0n) is 17.1. The van der Waals surface area contributed by atoms with Gasteiger partial charge < -0.3 is 19.3 Å². The number of carbonyl (C=O) groups excluding carboxylic acids is 2. The van der Waals surface area contributed by atoms with Crippen LogP contribution in [0.3, 0.4) is 0 Å². The van der Waals surface area contributed by atoms with Crippen LogP contribution >= 0.6 is 0 Å². The van der Waals surface area contributed by atoms with Crippen LogP contribution in [0.5, 0.6) is 11.5 Å². The average Bonchev–Trinajstić information content (AvgIpc) is 3.40. The summed E-state index contributed by atoms with van der Waals surface area (Å²) in [5.41, 5.74) is 1.16. The molecule has 0 unspecified atom stereocenters. The van der Waals surface area contributed by atoms with Crippen LogP contribution in [0.15, 0.2) is 42.5 Å². The Morgan fingerprint density at radius 3 is 2.67 bits per heavy atom. The number of hydrogen-bond donors (Lipinski definition) is 0. The van der Waals surface area contributed by atoms with Crippen molar-refractivity contribution in [2.24, 2.45) is 5.92 Å². The van der Waals surface area contributed by atoms with Crippen molar-refractivity contribution in [3.8, 4) is 11.5 Å². The summed E-state index contributed by atoms with van der Waals surface area (Å²) < 4.78 is 25.0. The number of likely N-dealkylation sites (tertiary alicyclic amines) is 1. The molecule has 2 aliphatic heterocycles. The lowest BCUT2D eigenvalue weighted by Crippen LogP contribution is -2.37. The van der Waals surface area contributed by atoms with E-state index < -0.39 is 11.7 Å². The van der Waals surface area contributed by atoms with Gasteiger partial charge >= 0.3 is 0 Å². The number of nitrogens with zero attached hydrogens (tertiary/aromatic N) is 2. The number of amides is 2. The van der Waals surface area contributed by atoms with E-state index in [1.54, 1.807) is 32.4 Å². The number of methoxy groups -OCH3 is 2. The van der Waals surface area contributed by atoms with Gasteiger partial charge in [-0.05, 0) is 37.1 Å². The second-order valence-corrected chi connectivity index (χ2v) is 7.65. The predicted octanol–water partition coefficient (Wildman–Crippen LogP) is 3.56. The molecule has 2 aliphatic rings. The van der Waals surface area contributed by atoms with Crippen molar-refractivity contribution in [3.63, 3.8) is 0 Å². The summed E-state index contributed by atoms with van der Waals surface area (Å²) in [5, 5.41) is 0. The lowest BCUT2D eigenvalue weighted by molar-refractivity contribution is -0.136. The maximum absolute atomic E-state index is 14.2. The van der Waals surface area contributed by atoms with E-state index in [9.17, 15) is 14.0 Å². The second-order valence-electron chi connectivity index (χ2n) is 7.65. The molecule has 0 radical (unpaired) electrons. The first-order valence-corrected chi connectivity index (χ1v) is 10.1. The van der Waals surface area contributed by atoms with Crippen LogP contribution in [0.25, 0.3) is 0 Å². The molecule has 158 valence electrons. The van der Waals surface area contributed by atoms with Crippen LogP contribution in [-0.2, 0) is 9.59 Å². The molecule has 4 rings (SSSR count). The first-order chi connectivity index (χ1) is 14.5. The summed E-state index contributed by atoms with van der Waals surface area (Å²) in [6.07, 6.45) is 1.80. The molecule has 2 atom stereocenters. The third-order valence-electron chi connectivity index (χ3n) is 5.95. The number of para-hydroxylation sites is 1. The normalized spacial score (nSPS) is 21.2. The summed E-state index contributed by atoms with van der Waals surface area (Å²) in [6.45, 7) is 0.824. The van der Waals surface area contributed by atoms with E-state index >= 15 is 0 Å². The SMILES string of the molecule is COc1ccc([C@H]2CCCN2C(=O)[C@H]2CC(=O)N(c3ccccc3F)C2)c(OC)c1. The van der Waals surface area contributed by atoms with E-state index in [-0.39, 0.29) is 36.5 Å². The van der Waals surface area contributed by atoms with Crippen molar-refractivity contribution in [3.05, 3.63) is 53.8 Å². The topological polar surface area (TPSA) is 59.1 Å². The Labute approximate surface area is 175 Å². The minimum Gasteiger partial charge on any atom is -0.497 e. The Balaban J connectivity index is 1.55. The molecule has 0 bridgehead atoms. The molecule has 6 nitrogen and oxygen atoms in total. The molecule has 2 heterocycles. The van der Waals surface area contributed by atoms with Crippen LogP contribution in [0, 0.1) is 11.7 Å². The molecule has 7 heteroatoms. The van der Waals surface area contributed by atoms with Crippen LogP contribution in [-0.4, -0.2) is 44.0 Å². The average molecular weight is 412 g/mol. The molecule has 30 heavy (non-hydrogen) atoms. The van der Waals surface area contributed by atoms with Gasteiger partial charge in [0.2, 0.25) is 11.8 Å². The number of anilines is 1. The van der Waals surface area contributed by atoms with E-state index in [4.69, 9.17) is 9.47 Å². The number of ether oxygens (including phenoxy) is 2. The van der Waals surface area contributed by atoms with E-state index in [2.05, 4.69) is 0 Å². The quantitative estimate of drug-likeness (QED) is 0.754. The van der Waals surface area contributed by atoms with E-state index in [0.29, 0.717) is 18.0 Å². The van der Waals surface area contributed by atoms with Crippen LogP contribution in [0.2, 0.25) is 0 Å². The summed E-state index contributed by atoms with van der Waals surface area (Å²) in [4.78, 5) is 29.1. The Morgan fingerprint density at radius 2 is 1.93 bits per heavy atom. The Kier molecular flexibility index (Phi) is 5.61. The van der Waals surface area contributed by atoms with Crippen molar-refractivity contribution in [2.45, 2.75) is 25.3 Å². The van der Waals surface area contributed by atoms with Gasteiger partial charge in [-0.15, -0.1) is 0 Å². The lowest BCUT2D eigenvalue weighted by atomic mass is 10.0. The van der Waals surface area contributed by atoms with Gasteiger partial charge in [-0.3, -0.25) is 9.59 Å². The third kappa shape index (κ3) is 3.60. The molecule has 2 fully saturated rings. The maximum Gasteiger partial charge on any atom is 0.228 e. The smallest absolute Gasteiger partial charge is 0.228 e. The minimum atomic E-state index is -0.484. The summed E-state index contributed by atoms with van der Waals surface area (Å²) in [7, 11) is 3.19. The largest absolute Gasteiger partial charge is 0.497 e. The highest BCUT2D eigenvalue weighted by Gasteiger charge is 2.41. The maximum atomic E-state index is 14.2. The number of halogens is 1. The lowest BCUT2D eigenvalue weighted by Gasteiger charge is -2.28. The van der Waals surface area contributed by atoms with Gasteiger partial charge in [-0.25, -0.2) is 4.39 Å². The highest BCUT2D eigenvalue weighted by atomic mass is 19.1. The summed E-state index contributed by atoms with van der Waals surface area (Å²) in [5.74, 6) is 0.129. The number of benzene rings is 2. The molecular formula is C23H25FN2O4. The van der Waals surface area contributed by atoms with Gasteiger partial charge in [0.1, 0.15) is 17.3 Å². The van der Waals surface area contributed by atoms with Gasteiger partial charge in [0, 0.05) is 31.1 Å². The van der Waals surface area contributed by atoms with Crippen LogP contribution < -0.4 is 14.4 Å². The van der Waals surface area contributed by atoms with Gasteiger partial charge in [-0.1, -0.05) is 12.1 Å². The fraction of sp³-hybridized carbons (Fsp3) is 0.391. The van der Waals surface area contributed by atoms with Gasteiger partial charge in [0.15, 0.2) is 0 Å². The molecular weight excluding hydrogens is 387 g/mol. The van der Waals surface area contributed by atoms with E-state index in [1.807, 2.05) is 23.1 Å². The minimum absolute atomic E-state index is 0.0671. The fourth-order valence-electron chi connectivity index (χ4n) is 4.46. The molecule has 0 aliphatic carbocycles. The first-order valence-electron chi connectivity index (χ1n) is 10.1. The summed E-state index contributed by atoms with van der Waals surface area (Å²) in [6, 6.07) is 11.7. The van der Waals surface area contributed by atoms with E-state index in [1.165, 1.54) is 11.0 Å². The molecule has 0 N–H and O–H groups in total. The number of rotatable bonds is 5. The molecule has 2 aromatic rings. The molecule has 2 aromatic carbocycles. The Bertz CT molecular complexity index is 964.